The lowest BCUT2D eigenvalue weighted by atomic mass is 10.3. The zero-order valence-corrected chi connectivity index (χ0v) is 14.7. The highest BCUT2D eigenvalue weighted by atomic mass is 32.2. The van der Waals surface area contributed by atoms with Gasteiger partial charge in [0.15, 0.2) is 0 Å². The second kappa shape index (κ2) is 9.33. The summed E-state index contributed by atoms with van der Waals surface area (Å²) in [7, 11) is -3.48. The molecule has 0 amide bonds. The predicted molar refractivity (Wildman–Crippen MR) is 92.6 cm³/mol. The molecule has 4 nitrogen and oxygen atoms in total. The lowest BCUT2D eigenvalue weighted by Crippen LogP contribution is -2.33. The number of thioether (sulfide) groups is 1. The summed E-state index contributed by atoms with van der Waals surface area (Å²) >= 11 is 1.83. The molecule has 0 aliphatic carbocycles. The summed E-state index contributed by atoms with van der Waals surface area (Å²) in [6, 6.07) is 6.99. The molecule has 0 aliphatic rings. The maximum atomic E-state index is 12.5. The normalized spacial score (nSPS) is 13.1. The summed E-state index contributed by atoms with van der Waals surface area (Å²) in [5.74, 6) is 2.03. The highest BCUT2D eigenvalue weighted by Crippen LogP contribution is 2.21. The second-order valence-electron chi connectivity index (χ2n) is 4.93. The molecule has 0 radical (unpaired) electrons. The largest absolute Gasteiger partial charge is 0.384 e. The van der Waals surface area contributed by atoms with Crippen molar-refractivity contribution in [3.8, 4) is 0 Å². The highest BCUT2D eigenvalue weighted by Gasteiger charge is 2.20. The van der Waals surface area contributed by atoms with E-state index in [0.717, 1.165) is 30.9 Å². The van der Waals surface area contributed by atoms with Crippen molar-refractivity contribution in [2.75, 3.05) is 23.4 Å². The first kappa shape index (κ1) is 18.3. The molecule has 1 rings (SSSR count). The molecule has 6 heteroatoms. The molecule has 21 heavy (non-hydrogen) atoms. The number of sulfonamides is 1. The standard InChI is InChI=1S/C15H26N2O2S2/c1-4-11-16-14-8-6-7-9-15(14)21(18,19)17-13(3)10-12-20-5-2/h6-9,13,16-17H,4-5,10-12H2,1-3H3. The fourth-order valence-corrected chi connectivity index (χ4v) is 4.17. The summed E-state index contributed by atoms with van der Waals surface area (Å²) in [5, 5.41) is 3.17. The van der Waals surface area contributed by atoms with Crippen molar-refractivity contribution >= 4 is 27.5 Å². The van der Waals surface area contributed by atoms with Crippen LogP contribution in [0.2, 0.25) is 0 Å². The van der Waals surface area contributed by atoms with Crippen molar-refractivity contribution < 1.29 is 8.42 Å². The van der Waals surface area contributed by atoms with Gasteiger partial charge in [-0.1, -0.05) is 26.0 Å². The zero-order chi connectivity index (χ0) is 15.7. The summed E-state index contributed by atoms with van der Waals surface area (Å²) in [6.07, 6.45) is 1.79. The Morgan fingerprint density at radius 2 is 1.95 bits per heavy atom. The number of benzene rings is 1. The van der Waals surface area contributed by atoms with Crippen LogP contribution in [0.1, 0.15) is 33.6 Å². The molecule has 1 unspecified atom stereocenters. The molecular formula is C15H26N2O2S2. The Kier molecular flexibility index (Phi) is 8.14. The van der Waals surface area contributed by atoms with Gasteiger partial charge in [-0.3, -0.25) is 0 Å². The van der Waals surface area contributed by atoms with Crippen LogP contribution < -0.4 is 10.0 Å². The van der Waals surface area contributed by atoms with Crippen LogP contribution in [0, 0.1) is 0 Å². The van der Waals surface area contributed by atoms with Gasteiger partial charge in [-0.05, 0) is 43.4 Å². The third kappa shape index (κ3) is 6.28. The topological polar surface area (TPSA) is 58.2 Å². The Morgan fingerprint density at radius 3 is 2.62 bits per heavy atom. The van der Waals surface area contributed by atoms with Crippen LogP contribution in [-0.2, 0) is 10.0 Å². The molecule has 0 aliphatic heterocycles. The third-order valence-electron chi connectivity index (χ3n) is 3.00. The molecule has 2 N–H and O–H groups in total. The van der Waals surface area contributed by atoms with Gasteiger partial charge in [0.05, 0.1) is 5.69 Å². The van der Waals surface area contributed by atoms with E-state index in [9.17, 15) is 8.42 Å². The Bertz CT molecular complexity index is 518. The first-order valence-electron chi connectivity index (χ1n) is 7.44. The van der Waals surface area contributed by atoms with Gasteiger partial charge in [0, 0.05) is 12.6 Å². The first-order valence-corrected chi connectivity index (χ1v) is 10.1. The molecule has 1 atom stereocenters. The first-order chi connectivity index (χ1) is 10.0. The molecular weight excluding hydrogens is 304 g/mol. The number of hydrogen-bond donors (Lipinski definition) is 2. The maximum Gasteiger partial charge on any atom is 0.242 e. The van der Waals surface area contributed by atoms with Crippen LogP contribution in [0.25, 0.3) is 0 Å². The van der Waals surface area contributed by atoms with Crippen molar-refractivity contribution in [1.82, 2.24) is 4.72 Å². The third-order valence-corrected chi connectivity index (χ3v) is 5.58. The van der Waals surface area contributed by atoms with Crippen molar-refractivity contribution in [2.24, 2.45) is 0 Å². The van der Waals surface area contributed by atoms with Gasteiger partial charge in [0.1, 0.15) is 4.90 Å². The number of anilines is 1. The van der Waals surface area contributed by atoms with E-state index in [2.05, 4.69) is 23.9 Å². The molecule has 0 saturated heterocycles. The van der Waals surface area contributed by atoms with E-state index >= 15 is 0 Å². The Morgan fingerprint density at radius 1 is 1.24 bits per heavy atom. The van der Waals surface area contributed by atoms with Gasteiger partial charge in [-0.25, -0.2) is 13.1 Å². The summed E-state index contributed by atoms with van der Waals surface area (Å²) in [6.45, 7) is 6.83. The Balaban J connectivity index is 2.77. The van der Waals surface area contributed by atoms with E-state index < -0.39 is 10.0 Å². The molecule has 1 aromatic carbocycles. The van der Waals surface area contributed by atoms with E-state index in [0.29, 0.717) is 10.6 Å². The van der Waals surface area contributed by atoms with Crippen LogP contribution >= 0.6 is 11.8 Å². The minimum Gasteiger partial charge on any atom is -0.384 e. The molecule has 0 saturated carbocycles. The Hall–Kier alpha value is -0.720. The van der Waals surface area contributed by atoms with Crippen molar-refractivity contribution in [1.29, 1.82) is 0 Å². The zero-order valence-electron chi connectivity index (χ0n) is 13.1. The van der Waals surface area contributed by atoms with E-state index in [1.165, 1.54) is 0 Å². The maximum absolute atomic E-state index is 12.5. The van der Waals surface area contributed by atoms with Crippen LogP contribution in [0.3, 0.4) is 0 Å². The minimum atomic E-state index is -3.48. The Labute approximate surface area is 133 Å². The van der Waals surface area contributed by atoms with Gasteiger partial charge in [0.25, 0.3) is 0 Å². The van der Waals surface area contributed by atoms with Crippen molar-refractivity contribution in [3.05, 3.63) is 24.3 Å². The number of para-hydroxylation sites is 1. The van der Waals surface area contributed by atoms with Gasteiger partial charge < -0.3 is 5.32 Å². The predicted octanol–water partition coefficient (Wildman–Crippen LogP) is 3.32. The molecule has 0 aromatic heterocycles. The lowest BCUT2D eigenvalue weighted by molar-refractivity contribution is 0.557. The van der Waals surface area contributed by atoms with Gasteiger partial charge in [-0.15, -0.1) is 0 Å². The van der Waals surface area contributed by atoms with E-state index in [1.54, 1.807) is 12.1 Å². The smallest absolute Gasteiger partial charge is 0.242 e. The van der Waals surface area contributed by atoms with Gasteiger partial charge in [-0.2, -0.15) is 11.8 Å². The summed E-state index contributed by atoms with van der Waals surface area (Å²) < 4.78 is 27.8. The lowest BCUT2D eigenvalue weighted by Gasteiger charge is -2.16. The molecule has 0 fully saturated rings. The van der Waals surface area contributed by atoms with E-state index in [1.807, 2.05) is 30.8 Å². The fraction of sp³-hybridized carbons (Fsp3) is 0.600. The molecule has 0 bridgehead atoms. The quantitative estimate of drug-likeness (QED) is 0.646. The van der Waals surface area contributed by atoms with Crippen LogP contribution in [0.4, 0.5) is 5.69 Å². The number of hydrogen-bond acceptors (Lipinski definition) is 4. The second-order valence-corrected chi connectivity index (χ2v) is 8.01. The molecule has 0 heterocycles. The summed E-state index contributed by atoms with van der Waals surface area (Å²) in [4.78, 5) is 0.327. The molecule has 0 spiro atoms. The fourth-order valence-electron chi connectivity index (χ4n) is 1.90. The van der Waals surface area contributed by atoms with Crippen LogP contribution in [-0.4, -0.2) is 32.5 Å². The van der Waals surface area contributed by atoms with Crippen molar-refractivity contribution in [2.45, 2.75) is 44.6 Å². The van der Waals surface area contributed by atoms with E-state index in [-0.39, 0.29) is 6.04 Å². The van der Waals surface area contributed by atoms with Gasteiger partial charge in [0.2, 0.25) is 10.0 Å². The highest BCUT2D eigenvalue weighted by molar-refractivity contribution is 7.99. The average molecular weight is 331 g/mol. The van der Waals surface area contributed by atoms with Crippen molar-refractivity contribution in [3.63, 3.8) is 0 Å². The minimum absolute atomic E-state index is 0.0618. The van der Waals surface area contributed by atoms with E-state index in [4.69, 9.17) is 0 Å². The average Bonchev–Trinajstić information content (AvgIpc) is 2.45. The number of nitrogens with one attached hydrogen (secondary N) is 2. The van der Waals surface area contributed by atoms with Crippen LogP contribution in [0.5, 0.6) is 0 Å². The molecule has 1 aromatic rings. The summed E-state index contributed by atoms with van der Waals surface area (Å²) in [5.41, 5.74) is 0.669. The molecule has 120 valence electrons. The monoisotopic (exact) mass is 330 g/mol. The van der Waals surface area contributed by atoms with Gasteiger partial charge >= 0.3 is 0 Å². The van der Waals surface area contributed by atoms with Crippen LogP contribution in [0.15, 0.2) is 29.2 Å². The number of rotatable bonds is 10. The SMILES string of the molecule is CCCNc1ccccc1S(=O)(=O)NC(C)CCSCC.